The fourth-order valence-electron chi connectivity index (χ4n) is 0.258. The van der Waals surface area contributed by atoms with E-state index in [4.69, 9.17) is 0 Å². The Morgan fingerprint density at radius 2 is 2.25 bits per heavy atom. The minimum absolute atomic E-state index is 0. The largest absolute Gasteiger partial charge is 0.494 e. The Bertz CT molecular complexity index is 51.3. The van der Waals surface area contributed by atoms with Gasteiger partial charge in [0.25, 0.3) is 0 Å². The zero-order valence-corrected chi connectivity index (χ0v) is 9.15. The van der Waals surface area contributed by atoms with E-state index in [1.165, 1.54) is 0 Å². The van der Waals surface area contributed by atoms with Crippen LogP contribution in [0.25, 0.3) is 0 Å². The van der Waals surface area contributed by atoms with Crippen molar-refractivity contribution in [3.8, 4) is 0 Å². The first-order valence-electron chi connectivity index (χ1n) is 2.40. The topological polar surface area (TPSA) is 26.3 Å². The second-order valence-corrected chi connectivity index (χ2v) is 1.74. The molecule has 2 nitrogen and oxygen atoms in total. The summed E-state index contributed by atoms with van der Waals surface area (Å²) in [5, 5.41) is 0. The molecule has 8 heavy (non-hydrogen) atoms. The Kier molecular flexibility index (Phi) is 17.0. The van der Waals surface area contributed by atoms with Crippen LogP contribution in [-0.4, -0.2) is 6.61 Å². The van der Waals surface area contributed by atoms with Crippen molar-refractivity contribution in [2.75, 3.05) is 6.61 Å². The molecule has 0 aliphatic carbocycles. The van der Waals surface area contributed by atoms with E-state index >= 15 is 0 Å². The van der Waals surface area contributed by atoms with Crippen molar-refractivity contribution < 1.29 is 49.9 Å². The Morgan fingerprint density at radius 1 is 1.62 bits per heavy atom. The molecular formula is C4H10NdO2P+. The van der Waals surface area contributed by atoms with Crippen LogP contribution in [0, 0.1) is 40.8 Å². The molecule has 0 N–H and O–H groups in total. The molecule has 0 radical (unpaired) electrons. The van der Waals surface area contributed by atoms with Gasteiger partial charge in [0, 0.05) is 40.8 Å². The van der Waals surface area contributed by atoms with Gasteiger partial charge in [-0.3, -0.25) is 0 Å². The van der Waals surface area contributed by atoms with Crippen LogP contribution in [0.3, 0.4) is 0 Å². The zero-order chi connectivity index (χ0) is 5.54. The van der Waals surface area contributed by atoms with Gasteiger partial charge in [0.2, 0.25) is 0 Å². The summed E-state index contributed by atoms with van der Waals surface area (Å²) in [6.07, 6.45) is 2.11. The minimum Gasteiger partial charge on any atom is -0.148 e. The van der Waals surface area contributed by atoms with Gasteiger partial charge in [-0.2, -0.15) is 0 Å². The Balaban J connectivity index is 0. The summed E-state index contributed by atoms with van der Waals surface area (Å²) in [7, 11) is -0.582. The Labute approximate surface area is 84.2 Å². The first-order valence-corrected chi connectivity index (χ1v) is 3.22. The van der Waals surface area contributed by atoms with Crippen molar-refractivity contribution in [1.29, 1.82) is 0 Å². The van der Waals surface area contributed by atoms with Gasteiger partial charge in [-0.15, -0.1) is 4.52 Å². The molecule has 0 amide bonds. The van der Waals surface area contributed by atoms with E-state index < -0.39 is 8.69 Å². The quantitative estimate of drug-likeness (QED) is 0.572. The number of unbranched alkanes of at least 4 members (excludes halogenated alkanes) is 1. The van der Waals surface area contributed by atoms with Crippen LogP contribution in [0.5, 0.6) is 0 Å². The molecular weight excluding hydrogens is 255 g/mol. The maximum absolute atomic E-state index is 9.61. The summed E-state index contributed by atoms with van der Waals surface area (Å²) in [5.41, 5.74) is 0. The minimum atomic E-state index is -0.582. The molecule has 0 aromatic heterocycles. The molecule has 0 fully saturated rings. The van der Waals surface area contributed by atoms with Gasteiger partial charge in [-0.05, 0) is 11.0 Å². The molecule has 0 bridgehead atoms. The van der Waals surface area contributed by atoms with Crippen LogP contribution >= 0.6 is 8.69 Å². The van der Waals surface area contributed by atoms with E-state index in [9.17, 15) is 4.57 Å². The molecule has 0 heterocycles. The molecule has 0 saturated heterocycles. The average molecular weight is 265 g/mol. The van der Waals surface area contributed by atoms with E-state index in [0.29, 0.717) is 6.61 Å². The third-order valence-corrected chi connectivity index (χ3v) is 0.981. The molecule has 0 aromatic carbocycles. The van der Waals surface area contributed by atoms with E-state index in [2.05, 4.69) is 11.4 Å². The average Bonchev–Trinajstić information content (AvgIpc) is 1.69. The van der Waals surface area contributed by atoms with E-state index in [1.54, 1.807) is 0 Å². The van der Waals surface area contributed by atoms with Crippen LogP contribution < -0.4 is 0 Å². The van der Waals surface area contributed by atoms with Gasteiger partial charge in [-0.1, -0.05) is 13.3 Å². The van der Waals surface area contributed by atoms with Crippen molar-refractivity contribution in [2.24, 2.45) is 0 Å². The van der Waals surface area contributed by atoms with Gasteiger partial charge in [0.05, 0.1) is 0 Å². The predicted molar refractivity (Wildman–Crippen MR) is 29.9 cm³/mol. The van der Waals surface area contributed by atoms with Crippen LogP contribution in [0.15, 0.2) is 0 Å². The van der Waals surface area contributed by atoms with Crippen LogP contribution in [-0.2, 0) is 9.09 Å². The first kappa shape index (κ1) is 12.1. The zero-order valence-electron chi connectivity index (χ0n) is 4.94. The van der Waals surface area contributed by atoms with Gasteiger partial charge in [-0.25, -0.2) is 0 Å². The van der Waals surface area contributed by atoms with Gasteiger partial charge in [0.1, 0.15) is 6.61 Å². The summed E-state index contributed by atoms with van der Waals surface area (Å²) >= 11 is 0. The second kappa shape index (κ2) is 11.2. The van der Waals surface area contributed by atoms with Crippen molar-refractivity contribution in [3.05, 3.63) is 0 Å². The smallest absolute Gasteiger partial charge is 0.148 e. The summed E-state index contributed by atoms with van der Waals surface area (Å²) in [4.78, 5) is 0. The second-order valence-electron chi connectivity index (χ2n) is 1.29. The monoisotopic (exact) mass is 263 g/mol. The number of hydrogen-bond acceptors (Lipinski definition) is 2. The van der Waals surface area contributed by atoms with E-state index in [-0.39, 0.29) is 40.8 Å². The maximum atomic E-state index is 9.61. The van der Waals surface area contributed by atoms with E-state index in [0.717, 1.165) is 12.8 Å². The van der Waals surface area contributed by atoms with Crippen LogP contribution in [0.4, 0.5) is 0 Å². The predicted octanol–water partition coefficient (Wildman–Crippen LogP) is 1.74. The fourth-order valence-corrected chi connectivity index (χ4v) is 0.486. The van der Waals surface area contributed by atoms with Crippen molar-refractivity contribution in [3.63, 3.8) is 0 Å². The third kappa shape index (κ3) is 10.4. The van der Waals surface area contributed by atoms with Gasteiger partial charge in [0.15, 0.2) is 0 Å². The molecule has 0 rings (SSSR count). The number of hydrogen-bond donors (Lipinski definition) is 0. The molecule has 0 aromatic rings. The summed E-state index contributed by atoms with van der Waals surface area (Å²) in [5.74, 6) is 0. The maximum Gasteiger partial charge on any atom is 0.494 e. The molecule has 0 spiro atoms. The molecule has 0 saturated carbocycles. The fraction of sp³-hybridized carbons (Fsp3) is 1.00. The molecule has 1 unspecified atom stereocenters. The molecule has 0 aliphatic rings. The molecule has 4 heteroatoms. The molecule has 0 aliphatic heterocycles. The van der Waals surface area contributed by atoms with Crippen LogP contribution in [0.1, 0.15) is 19.8 Å². The van der Waals surface area contributed by atoms with Gasteiger partial charge < -0.3 is 0 Å². The SMILES string of the molecule is CCCCO[PH+]=O.[Nd]. The first-order chi connectivity index (χ1) is 3.41. The normalized spacial score (nSPS) is 8.62. The standard InChI is InChI=1S/C4H10O2P.Nd/c1-2-3-4-6-7-5;/h7H,2-4H2,1H3;/q+1;. The Hall–Kier alpha value is 1.41. The summed E-state index contributed by atoms with van der Waals surface area (Å²) in [6, 6.07) is 0. The number of rotatable bonds is 4. The Morgan fingerprint density at radius 3 is 2.62 bits per heavy atom. The molecule has 1 atom stereocenters. The van der Waals surface area contributed by atoms with Crippen LogP contribution in [0.2, 0.25) is 0 Å². The molecule has 46 valence electrons. The summed E-state index contributed by atoms with van der Waals surface area (Å²) < 4.78 is 14.2. The third-order valence-electron chi connectivity index (χ3n) is 0.659. The van der Waals surface area contributed by atoms with Crippen molar-refractivity contribution in [1.82, 2.24) is 0 Å². The van der Waals surface area contributed by atoms with Crippen molar-refractivity contribution >= 4 is 8.69 Å². The van der Waals surface area contributed by atoms with Gasteiger partial charge >= 0.3 is 8.69 Å². The van der Waals surface area contributed by atoms with E-state index in [1.807, 2.05) is 0 Å². The van der Waals surface area contributed by atoms with Crippen molar-refractivity contribution in [2.45, 2.75) is 19.8 Å². The summed E-state index contributed by atoms with van der Waals surface area (Å²) in [6.45, 7) is 2.70.